The lowest BCUT2D eigenvalue weighted by Gasteiger charge is -2.11. The number of nitrogens with zero attached hydrogens (tertiary/aromatic N) is 2. The number of hydrogen-bond acceptors (Lipinski definition) is 4. The van der Waals surface area contributed by atoms with E-state index in [-0.39, 0.29) is 16.8 Å². The molecule has 6 nitrogen and oxygen atoms in total. The molecule has 0 aliphatic rings. The number of nitrogens with one attached hydrogen (secondary N) is 2. The first-order valence-corrected chi connectivity index (χ1v) is 6.54. The number of benzene rings is 1. The van der Waals surface area contributed by atoms with E-state index in [0.717, 1.165) is 12.1 Å². The fraction of sp³-hybridized carbons (Fsp3) is 0.154. The Morgan fingerprint density at radius 1 is 1.22 bits per heavy atom. The maximum Gasteiger partial charge on any atom is 0.573 e. The van der Waals surface area contributed by atoms with Crippen LogP contribution >= 0.6 is 11.6 Å². The molecule has 23 heavy (non-hydrogen) atoms. The molecule has 0 bridgehead atoms. The van der Waals surface area contributed by atoms with Crippen molar-refractivity contribution in [1.82, 2.24) is 9.97 Å². The lowest BCUT2D eigenvalue weighted by atomic mass is 10.3. The van der Waals surface area contributed by atoms with Gasteiger partial charge in [0, 0.05) is 17.4 Å². The van der Waals surface area contributed by atoms with Crippen LogP contribution in [0.25, 0.3) is 0 Å². The van der Waals surface area contributed by atoms with Gasteiger partial charge in [-0.15, -0.1) is 13.2 Å². The summed E-state index contributed by atoms with van der Waals surface area (Å²) in [6.07, 6.45) is -4.81. The van der Waals surface area contributed by atoms with E-state index in [2.05, 4.69) is 25.3 Å². The summed E-state index contributed by atoms with van der Waals surface area (Å²) >= 11 is 5.73. The summed E-state index contributed by atoms with van der Waals surface area (Å²) in [4.78, 5) is 19.5. The number of anilines is 2. The Balaban J connectivity index is 2.04. The molecule has 1 aromatic carbocycles. The molecule has 2 rings (SSSR count). The Hall–Kier alpha value is -2.55. The van der Waals surface area contributed by atoms with Crippen LogP contribution in [-0.4, -0.2) is 22.4 Å². The second-order valence-corrected chi connectivity index (χ2v) is 4.70. The number of rotatable bonds is 3. The molecule has 1 aromatic heterocycles. The van der Waals surface area contributed by atoms with Gasteiger partial charge in [0.25, 0.3) is 0 Å². The van der Waals surface area contributed by atoms with Gasteiger partial charge in [-0.05, 0) is 25.1 Å². The first-order valence-electron chi connectivity index (χ1n) is 6.16. The molecule has 0 unspecified atom stereocenters. The van der Waals surface area contributed by atoms with Crippen molar-refractivity contribution in [3.8, 4) is 5.75 Å². The SMILES string of the molecule is Cc1cc(Cl)nc(NC(=O)Nc2cccc(OC(F)(F)F)c2)n1. The summed E-state index contributed by atoms with van der Waals surface area (Å²) in [5.41, 5.74) is 0.642. The predicted octanol–water partition coefficient (Wildman–Crippen LogP) is 3.98. The van der Waals surface area contributed by atoms with Crippen molar-refractivity contribution in [2.45, 2.75) is 13.3 Å². The van der Waals surface area contributed by atoms with E-state index in [0.29, 0.717) is 5.69 Å². The molecule has 0 atom stereocenters. The van der Waals surface area contributed by atoms with Crippen molar-refractivity contribution < 1.29 is 22.7 Å². The van der Waals surface area contributed by atoms with E-state index >= 15 is 0 Å². The summed E-state index contributed by atoms with van der Waals surface area (Å²) in [6.45, 7) is 1.66. The highest BCUT2D eigenvalue weighted by molar-refractivity contribution is 6.29. The number of alkyl halides is 3. The number of halogens is 4. The Labute approximate surface area is 133 Å². The van der Waals surface area contributed by atoms with Crippen LogP contribution in [0.2, 0.25) is 5.15 Å². The molecule has 0 aliphatic carbocycles. The number of aryl methyl sites for hydroxylation is 1. The lowest BCUT2D eigenvalue weighted by Crippen LogP contribution is -2.21. The third-order valence-corrected chi connectivity index (χ3v) is 2.57. The summed E-state index contributed by atoms with van der Waals surface area (Å²) < 4.78 is 40.2. The fourth-order valence-corrected chi connectivity index (χ4v) is 1.86. The van der Waals surface area contributed by atoms with E-state index in [1.807, 2.05) is 0 Å². The van der Waals surface area contributed by atoms with Gasteiger partial charge in [0.05, 0.1) is 0 Å². The monoisotopic (exact) mass is 346 g/mol. The Bertz CT molecular complexity index is 704. The largest absolute Gasteiger partial charge is 0.573 e. The average Bonchev–Trinajstić information content (AvgIpc) is 2.35. The van der Waals surface area contributed by atoms with Crippen LogP contribution in [0.3, 0.4) is 0 Å². The van der Waals surface area contributed by atoms with Crippen molar-refractivity contribution in [2.75, 3.05) is 10.6 Å². The third-order valence-electron chi connectivity index (χ3n) is 2.37. The van der Waals surface area contributed by atoms with Crippen LogP contribution in [0.5, 0.6) is 5.75 Å². The van der Waals surface area contributed by atoms with Crippen LogP contribution in [0, 0.1) is 6.92 Å². The molecule has 2 aromatic rings. The molecule has 2 amide bonds. The molecule has 0 saturated carbocycles. The fourth-order valence-electron chi connectivity index (χ4n) is 1.62. The molecule has 0 fully saturated rings. The molecule has 0 radical (unpaired) electrons. The Morgan fingerprint density at radius 2 is 1.96 bits per heavy atom. The first kappa shape index (κ1) is 16.8. The summed E-state index contributed by atoms with van der Waals surface area (Å²) in [6, 6.07) is 5.60. The molecular formula is C13H10ClF3N4O2. The number of hydrogen-bond donors (Lipinski definition) is 2. The molecule has 0 saturated heterocycles. The molecule has 1 heterocycles. The van der Waals surface area contributed by atoms with E-state index in [4.69, 9.17) is 11.6 Å². The van der Waals surface area contributed by atoms with Crippen molar-refractivity contribution in [2.24, 2.45) is 0 Å². The molecule has 10 heteroatoms. The molecular weight excluding hydrogens is 337 g/mol. The van der Waals surface area contributed by atoms with Crippen LogP contribution in [0.1, 0.15) is 5.69 Å². The predicted molar refractivity (Wildman–Crippen MR) is 77.5 cm³/mol. The highest BCUT2D eigenvalue weighted by Crippen LogP contribution is 2.25. The minimum absolute atomic E-state index is 0.0322. The Kier molecular flexibility index (Phi) is 4.89. The van der Waals surface area contributed by atoms with Gasteiger partial charge in [-0.1, -0.05) is 17.7 Å². The number of carbonyl (C=O) groups excluding carboxylic acids is 1. The summed E-state index contributed by atoms with van der Waals surface area (Å²) in [7, 11) is 0. The van der Waals surface area contributed by atoms with E-state index < -0.39 is 18.1 Å². The highest BCUT2D eigenvalue weighted by Gasteiger charge is 2.31. The number of carbonyl (C=O) groups is 1. The minimum atomic E-state index is -4.81. The lowest BCUT2D eigenvalue weighted by molar-refractivity contribution is -0.274. The zero-order chi connectivity index (χ0) is 17.0. The summed E-state index contributed by atoms with van der Waals surface area (Å²) in [5.74, 6) is -0.486. The second kappa shape index (κ2) is 6.69. The van der Waals surface area contributed by atoms with Crippen LogP contribution in [0.15, 0.2) is 30.3 Å². The smallest absolute Gasteiger partial charge is 0.406 e. The van der Waals surface area contributed by atoms with Crippen molar-refractivity contribution in [3.05, 3.63) is 41.2 Å². The maximum absolute atomic E-state index is 12.1. The van der Waals surface area contributed by atoms with Gasteiger partial charge in [0.2, 0.25) is 5.95 Å². The standard InChI is InChI=1S/C13H10ClF3N4O2/c1-7-5-10(14)20-11(18-7)21-12(22)19-8-3-2-4-9(6-8)23-13(15,16)17/h2-6H,1H3,(H2,18,19,20,21,22). The Morgan fingerprint density at radius 3 is 2.61 bits per heavy atom. The second-order valence-electron chi connectivity index (χ2n) is 4.31. The van der Waals surface area contributed by atoms with Gasteiger partial charge in [-0.2, -0.15) is 0 Å². The van der Waals surface area contributed by atoms with Crippen molar-refractivity contribution in [1.29, 1.82) is 0 Å². The molecule has 2 N–H and O–H groups in total. The van der Waals surface area contributed by atoms with E-state index in [9.17, 15) is 18.0 Å². The zero-order valence-electron chi connectivity index (χ0n) is 11.6. The molecule has 0 spiro atoms. The summed E-state index contributed by atoms with van der Waals surface area (Å²) in [5, 5.41) is 4.80. The topological polar surface area (TPSA) is 76.1 Å². The number of amides is 2. The first-order chi connectivity index (χ1) is 10.7. The van der Waals surface area contributed by atoms with E-state index in [1.54, 1.807) is 6.92 Å². The zero-order valence-corrected chi connectivity index (χ0v) is 12.4. The molecule has 0 aliphatic heterocycles. The van der Waals surface area contributed by atoms with Crippen molar-refractivity contribution in [3.63, 3.8) is 0 Å². The molecule has 122 valence electrons. The van der Waals surface area contributed by atoms with Gasteiger partial charge >= 0.3 is 12.4 Å². The normalized spacial score (nSPS) is 11.0. The van der Waals surface area contributed by atoms with Crippen LogP contribution in [0.4, 0.5) is 29.6 Å². The van der Waals surface area contributed by atoms with Gasteiger partial charge in [0.15, 0.2) is 0 Å². The van der Waals surface area contributed by atoms with Crippen LogP contribution in [-0.2, 0) is 0 Å². The van der Waals surface area contributed by atoms with E-state index in [1.165, 1.54) is 18.2 Å². The van der Waals surface area contributed by atoms with Gasteiger partial charge in [-0.25, -0.2) is 14.8 Å². The van der Waals surface area contributed by atoms with Gasteiger partial charge < -0.3 is 10.1 Å². The van der Waals surface area contributed by atoms with Crippen LogP contribution < -0.4 is 15.4 Å². The number of aromatic nitrogens is 2. The number of urea groups is 1. The highest BCUT2D eigenvalue weighted by atomic mass is 35.5. The van der Waals surface area contributed by atoms with Crippen molar-refractivity contribution >= 4 is 29.3 Å². The maximum atomic E-state index is 12.1. The number of ether oxygens (including phenoxy) is 1. The van der Waals surface area contributed by atoms with Gasteiger partial charge in [-0.3, -0.25) is 5.32 Å². The quantitative estimate of drug-likeness (QED) is 0.824. The van der Waals surface area contributed by atoms with Gasteiger partial charge in [0.1, 0.15) is 10.9 Å². The minimum Gasteiger partial charge on any atom is -0.406 e. The third kappa shape index (κ3) is 5.62. The average molecular weight is 347 g/mol.